The molecule has 1 saturated heterocycles. The third-order valence-corrected chi connectivity index (χ3v) is 0.630. The Morgan fingerprint density at radius 2 is 2.67 bits per heavy atom. The minimum absolute atomic E-state index is 0.106. The van der Waals surface area contributed by atoms with E-state index in [1.165, 1.54) is 0 Å². The van der Waals surface area contributed by atoms with E-state index in [0.717, 1.165) is 12.4 Å². The topological polar surface area (TPSA) is 32.8 Å². The quantitative estimate of drug-likeness (QED) is 0.452. The maximum Gasteiger partial charge on any atom is 0.145 e. The molecule has 1 heterocycles. The number of hydrogen-bond acceptors (Lipinski definition) is 2. The second kappa shape index (κ2) is 1.30. The molecule has 1 fully saturated rings. The summed E-state index contributed by atoms with van der Waals surface area (Å²) in [5.74, 6) is 0.914. The first kappa shape index (κ1) is 3.68. The van der Waals surface area contributed by atoms with Crippen molar-refractivity contribution in [3.63, 3.8) is 0 Å². The third-order valence-electron chi connectivity index (χ3n) is 0.630. The lowest BCUT2D eigenvalue weighted by molar-refractivity contribution is 0.340. The first-order valence-electron chi connectivity index (χ1n) is 1.86. The molecule has 0 aromatic heterocycles. The van der Waals surface area contributed by atoms with E-state index in [1.54, 1.807) is 6.08 Å². The van der Waals surface area contributed by atoms with Crippen molar-refractivity contribution >= 4 is 0 Å². The summed E-state index contributed by atoms with van der Waals surface area (Å²) in [5.41, 5.74) is 0. The zero-order chi connectivity index (χ0) is 4.41. The molecule has 0 spiro atoms. The summed E-state index contributed by atoms with van der Waals surface area (Å²) in [6.07, 6.45) is 1.65. The maximum atomic E-state index is 8.12. The van der Waals surface area contributed by atoms with E-state index in [1.807, 2.05) is 0 Å². The van der Waals surface area contributed by atoms with Crippen LogP contribution in [0.4, 0.5) is 0 Å². The summed E-state index contributed by atoms with van der Waals surface area (Å²) < 4.78 is 4.65. The molecule has 2 heteroatoms. The predicted molar refractivity (Wildman–Crippen MR) is 21.1 cm³/mol. The molecule has 1 aliphatic rings. The average molecular weight is 86.1 g/mol. The van der Waals surface area contributed by atoms with Crippen LogP contribution in [0.5, 0.6) is 0 Å². The number of epoxide rings is 1. The van der Waals surface area contributed by atoms with Gasteiger partial charge in [-0.05, 0) is 6.08 Å². The smallest absolute Gasteiger partial charge is 0.145 e. The molecule has 0 atom stereocenters. The van der Waals surface area contributed by atoms with Crippen LogP contribution in [0.25, 0.3) is 0 Å². The molecular formula is C4H6O2. The molecular weight excluding hydrogens is 80.0 g/mol. The lowest BCUT2D eigenvalue weighted by Crippen LogP contribution is -1.67. The molecule has 0 aliphatic carbocycles. The van der Waals surface area contributed by atoms with Crippen molar-refractivity contribution < 1.29 is 9.84 Å². The highest BCUT2D eigenvalue weighted by Gasteiger charge is 2.09. The van der Waals surface area contributed by atoms with Gasteiger partial charge in [-0.2, -0.15) is 0 Å². The molecule has 0 unspecified atom stereocenters. The van der Waals surface area contributed by atoms with Gasteiger partial charge >= 0.3 is 0 Å². The molecule has 6 heavy (non-hydrogen) atoms. The summed E-state index contributed by atoms with van der Waals surface area (Å²) in [6, 6.07) is 0. The van der Waals surface area contributed by atoms with E-state index in [0.29, 0.717) is 0 Å². The summed E-state index contributed by atoms with van der Waals surface area (Å²) in [5, 5.41) is 8.12. The fraction of sp³-hybridized carbons (Fsp3) is 0.500. The van der Waals surface area contributed by atoms with Gasteiger partial charge < -0.3 is 9.84 Å². The zero-order valence-electron chi connectivity index (χ0n) is 3.35. The van der Waals surface area contributed by atoms with Gasteiger partial charge in [-0.3, -0.25) is 0 Å². The zero-order valence-corrected chi connectivity index (χ0v) is 3.35. The number of aliphatic hydroxyl groups is 1. The van der Waals surface area contributed by atoms with Gasteiger partial charge in [0.2, 0.25) is 0 Å². The van der Waals surface area contributed by atoms with Crippen LogP contribution < -0.4 is 0 Å². The lowest BCUT2D eigenvalue weighted by atomic mass is 10.6. The Morgan fingerprint density at radius 1 is 2.00 bits per heavy atom. The van der Waals surface area contributed by atoms with Gasteiger partial charge in [-0.1, -0.05) is 0 Å². The number of aliphatic hydroxyl groups excluding tert-OH is 1. The van der Waals surface area contributed by atoms with Crippen LogP contribution in [0, 0.1) is 0 Å². The van der Waals surface area contributed by atoms with E-state index in [2.05, 4.69) is 4.74 Å². The Kier molecular flexibility index (Phi) is 0.801. The largest absolute Gasteiger partial charge is 0.487 e. The lowest BCUT2D eigenvalue weighted by Gasteiger charge is -1.65. The Labute approximate surface area is 36.0 Å². The van der Waals surface area contributed by atoms with Crippen molar-refractivity contribution in [1.82, 2.24) is 0 Å². The average Bonchev–Trinajstić information content (AvgIpc) is 2.21. The Balaban J connectivity index is 2.24. The van der Waals surface area contributed by atoms with Crippen molar-refractivity contribution in [1.29, 1.82) is 0 Å². The third kappa shape index (κ3) is 0.723. The van der Waals surface area contributed by atoms with Crippen molar-refractivity contribution in [3.8, 4) is 0 Å². The number of hydrogen-bond donors (Lipinski definition) is 1. The molecule has 34 valence electrons. The van der Waals surface area contributed by atoms with E-state index in [-0.39, 0.29) is 6.61 Å². The SMILES string of the molecule is OCC=C1CO1. The molecule has 0 saturated carbocycles. The minimum atomic E-state index is 0.106. The van der Waals surface area contributed by atoms with Gasteiger partial charge in [0, 0.05) is 0 Å². The Hall–Kier alpha value is -0.500. The second-order valence-electron chi connectivity index (χ2n) is 1.14. The highest BCUT2D eigenvalue weighted by Crippen LogP contribution is 2.11. The summed E-state index contributed by atoms with van der Waals surface area (Å²) >= 11 is 0. The van der Waals surface area contributed by atoms with Crippen LogP contribution in [0.2, 0.25) is 0 Å². The molecule has 1 aliphatic heterocycles. The highest BCUT2D eigenvalue weighted by molar-refractivity contribution is 5.03. The van der Waals surface area contributed by atoms with E-state index in [9.17, 15) is 0 Å². The minimum Gasteiger partial charge on any atom is -0.487 e. The maximum absolute atomic E-state index is 8.12. The summed E-state index contributed by atoms with van der Waals surface area (Å²) in [7, 11) is 0. The first-order valence-corrected chi connectivity index (χ1v) is 1.86. The van der Waals surface area contributed by atoms with Crippen LogP contribution in [0.15, 0.2) is 11.8 Å². The Bertz CT molecular complexity index is 69.6. The first-order chi connectivity index (χ1) is 2.93. The number of rotatable bonds is 1. The standard InChI is InChI=1S/C4H6O2/c5-2-1-4-3-6-4/h1,5H,2-3H2. The van der Waals surface area contributed by atoms with E-state index in [4.69, 9.17) is 5.11 Å². The summed E-state index contributed by atoms with van der Waals surface area (Å²) in [6.45, 7) is 0.829. The van der Waals surface area contributed by atoms with Gasteiger partial charge in [-0.15, -0.1) is 0 Å². The van der Waals surface area contributed by atoms with Crippen molar-refractivity contribution in [2.75, 3.05) is 13.2 Å². The number of ether oxygens (including phenoxy) is 1. The van der Waals surface area contributed by atoms with Crippen molar-refractivity contribution in [2.45, 2.75) is 0 Å². The van der Waals surface area contributed by atoms with Gasteiger partial charge in [0.05, 0.1) is 6.61 Å². The molecule has 1 rings (SSSR count). The second-order valence-corrected chi connectivity index (χ2v) is 1.14. The van der Waals surface area contributed by atoms with Crippen molar-refractivity contribution in [2.24, 2.45) is 0 Å². The summed E-state index contributed by atoms with van der Waals surface area (Å²) in [4.78, 5) is 0. The van der Waals surface area contributed by atoms with Gasteiger partial charge in [-0.25, -0.2) is 0 Å². The molecule has 1 N–H and O–H groups in total. The Morgan fingerprint density at radius 3 is 2.83 bits per heavy atom. The monoisotopic (exact) mass is 86.0 g/mol. The van der Waals surface area contributed by atoms with Gasteiger partial charge in [0.15, 0.2) is 0 Å². The van der Waals surface area contributed by atoms with E-state index >= 15 is 0 Å². The van der Waals surface area contributed by atoms with Crippen molar-refractivity contribution in [3.05, 3.63) is 11.8 Å². The van der Waals surface area contributed by atoms with Crippen LogP contribution >= 0.6 is 0 Å². The highest BCUT2D eigenvalue weighted by atomic mass is 16.6. The van der Waals surface area contributed by atoms with Crippen LogP contribution in [0.3, 0.4) is 0 Å². The molecule has 0 bridgehead atoms. The van der Waals surface area contributed by atoms with Gasteiger partial charge in [0.1, 0.15) is 12.4 Å². The van der Waals surface area contributed by atoms with E-state index < -0.39 is 0 Å². The molecule has 0 aromatic carbocycles. The molecule has 0 radical (unpaired) electrons. The van der Waals surface area contributed by atoms with Crippen LogP contribution in [-0.2, 0) is 4.74 Å². The molecule has 2 nitrogen and oxygen atoms in total. The van der Waals surface area contributed by atoms with Crippen LogP contribution in [0.1, 0.15) is 0 Å². The fourth-order valence-corrected chi connectivity index (χ4v) is 0.261. The van der Waals surface area contributed by atoms with Crippen LogP contribution in [-0.4, -0.2) is 18.3 Å². The normalized spacial score (nSPS) is 23.8. The fourth-order valence-electron chi connectivity index (χ4n) is 0.261. The molecule has 0 aromatic rings. The predicted octanol–water partition coefficient (Wildman–Crippen LogP) is -0.107. The molecule has 0 amide bonds. The van der Waals surface area contributed by atoms with Gasteiger partial charge in [0.25, 0.3) is 0 Å².